The Hall–Kier alpha value is -3.52. The average molecular weight is 474 g/mol. The van der Waals surface area contributed by atoms with Gasteiger partial charge in [-0.05, 0) is 31.0 Å². The first-order valence-electron chi connectivity index (χ1n) is 12.4. The van der Waals surface area contributed by atoms with E-state index < -0.39 is 0 Å². The number of nitrogens with one attached hydrogen (secondary N) is 1. The lowest BCUT2D eigenvalue weighted by Gasteiger charge is -2.34. The molecule has 2 aromatic heterocycles. The average Bonchev–Trinajstić information content (AvgIpc) is 3.39. The van der Waals surface area contributed by atoms with Gasteiger partial charge in [-0.2, -0.15) is 0 Å². The van der Waals surface area contributed by atoms with Crippen molar-refractivity contribution in [3.8, 4) is 11.4 Å². The monoisotopic (exact) mass is 473 g/mol. The molecule has 1 aliphatic heterocycles. The van der Waals surface area contributed by atoms with Gasteiger partial charge in [-0.1, -0.05) is 43.5 Å². The molecule has 1 atom stereocenters. The molecular weight excluding hydrogens is 442 g/mol. The summed E-state index contributed by atoms with van der Waals surface area (Å²) in [5.41, 5.74) is 2.06. The Labute approximate surface area is 205 Å². The van der Waals surface area contributed by atoms with Gasteiger partial charge in [-0.25, -0.2) is 4.98 Å². The highest BCUT2D eigenvalue weighted by Gasteiger charge is 2.35. The minimum absolute atomic E-state index is 0.00957. The van der Waals surface area contributed by atoms with E-state index in [1.54, 1.807) is 29.6 Å². The van der Waals surface area contributed by atoms with Crippen molar-refractivity contribution in [1.82, 2.24) is 24.8 Å². The zero-order valence-electron chi connectivity index (χ0n) is 19.8. The highest BCUT2D eigenvalue weighted by molar-refractivity contribution is 6.01. The number of aromatic amines is 1. The topological polar surface area (TPSA) is 91.4 Å². The fourth-order valence-corrected chi connectivity index (χ4v) is 5.09. The van der Waals surface area contributed by atoms with Crippen molar-refractivity contribution >= 4 is 11.8 Å². The molecule has 3 aromatic rings. The number of pyridine rings is 1. The van der Waals surface area contributed by atoms with E-state index in [-0.39, 0.29) is 30.5 Å². The number of carbonyl (C=O) groups is 2. The van der Waals surface area contributed by atoms with Gasteiger partial charge in [0.15, 0.2) is 0 Å². The zero-order valence-corrected chi connectivity index (χ0v) is 19.8. The van der Waals surface area contributed by atoms with Crippen molar-refractivity contribution in [2.24, 2.45) is 0 Å². The number of rotatable bonds is 6. The largest absolute Gasteiger partial charge is 0.368 e. The molecule has 35 heavy (non-hydrogen) atoms. The number of hydrogen-bond acceptors (Lipinski definition) is 5. The van der Waals surface area contributed by atoms with E-state index in [2.05, 4.69) is 15.0 Å². The molecule has 1 N–H and O–H groups in total. The summed E-state index contributed by atoms with van der Waals surface area (Å²) in [4.78, 5) is 42.6. The predicted octanol–water partition coefficient (Wildman–Crippen LogP) is 3.67. The van der Waals surface area contributed by atoms with Crippen LogP contribution in [0.5, 0.6) is 0 Å². The van der Waals surface area contributed by atoms with Crippen LogP contribution in [0.2, 0.25) is 0 Å². The second kappa shape index (κ2) is 10.8. The molecule has 0 bridgehead atoms. The van der Waals surface area contributed by atoms with E-state index in [0.29, 0.717) is 36.6 Å². The summed E-state index contributed by atoms with van der Waals surface area (Å²) in [5.74, 6) is 0.425. The number of ether oxygens (including phenoxy) is 1. The lowest BCUT2D eigenvalue weighted by molar-refractivity contribution is -0.134. The van der Waals surface area contributed by atoms with Crippen LogP contribution in [0.4, 0.5) is 0 Å². The van der Waals surface area contributed by atoms with Crippen molar-refractivity contribution in [3.63, 3.8) is 0 Å². The molecule has 1 aliphatic carbocycles. The SMILES string of the molecule is O=C(c1ccccc1-c1ncc[nH]1)N1CC(=O)N(C2CCCCC2)CC(OCc2ccccn2)C1. The molecule has 2 amide bonds. The maximum atomic E-state index is 13.8. The summed E-state index contributed by atoms with van der Waals surface area (Å²) in [6.07, 6.45) is 10.3. The van der Waals surface area contributed by atoms with Crippen LogP contribution in [0.3, 0.4) is 0 Å². The maximum absolute atomic E-state index is 13.8. The molecule has 3 heterocycles. The standard InChI is InChI=1S/C27H31N5O3/c33-25-18-31(27(34)24-12-5-4-11-23(24)26-29-14-15-30-26)16-22(35-19-20-8-6-7-13-28-20)17-32(25)21-9-2-1-3-10-21/h4-8,11-15,21-22H,1-3,9-10,16-19H2,(H,29,30). The normalized spacial score (nSPS) is 19.5. The maximum Gasteiger partial charge on any atom is 0.255 e. The predicted molar refractivity (Wildman–Crippen MR) is 131 cm³/mol. The number of benzene rings is 1. The molecule has 1 saturated heterocycles. The third-order valence-electron chi connectivity index (χ3n) is 6.88. The lowest BCUT2D eigenvalue weighted by Crippen LogP contribution is -2.46. The number of amides is 2. The number of carbonyl (C=O) groups excluding carboxylic acids is 2. The van der Waals surface area contributed by atoms with Crippen LogP contribution in [-0.2, 0) is 16.1 Å². The van der Waals surface area contributed by atoms with E-state index in [4.69, 9.17) is 4.74 Å². The van der Waals surface area contributed by atoms with Crippen LogP contribution in [0, 0.1) is 0 Å². The Morgan fingerprint density at radius 3 is 2.60 bits per heavy atom. The minimum Gasteiger partial charge on any atom is -0.368 e. The Morgan fingerprint density at radius 1 is 1.00 bits per heavy atom. The third kappa shape index (κ3) is 5.43. The van der Waals surface area contributed by atoms with E-state index in [0.717, 1.165) is 31.4 Å². The van der Waals surface area contributed by atoms with Crippen LogP contribution in [-0.4, -0.2) is 68.3 Å². The Kier molecular flexibility index (Phi) is 7.18. The second-order valence-corrected chi connectivity index (χ2v) is 9.26. The summed E-state index contributed by atoms with van der Waals surface area (Å²) in [6, 6.07) is 13.3. The minimum atomic E-state index is -0.301. The Balaban J connectivity index is 1.40. The third-order valence-corrected chi connectivity index (χ3v) is 6.88. The number of aromatic nitrogens is 3. The quantitative estimate of drug-likeness (QED) is 0.590. The molecule has 1 unspecified atom stereocenters. The molecule has 2 fully saturated rings. The molecule has 5 rings (SSSR count). The molecule has 0 spiro atoms. The van der Waals surface area contributed by atoms with Gasteiger partial charge in [0, 0.05) is 43.3 Å². The molecule has 0 radical (unpaired) electrons. The molecule has 2 aliphatic rings. The van der Waals surface area contributed by atoms with Crippen molar-refractivity contribution < 1.29 is 14.3 Å². The van der Waals surface area contributed by atoms with Gasteiger partial charge in [0.2, 0.25) is 5.91 Å². The number of hydrogen-bond donors (Lipinski definition) is 1. The smallest absolute Gasteiger partial charge is 0.255 e. The summed E-state index contributed by atoms with van der Waals surface area (Å²) < 4.78 is 6.27. The lowest BCUT2D eigenvalue weighted by atomic mass is 9.94. The number of imidazole rings is 1. The number of H-pyrrole nitrogens is 1. The van der Waals surface area contributed by atoms with Gasteiger partial charge in [-0.15, -0.1) is 0 Å². The van der Waals surface area contributed by atoms with Crippen molar-refractivity contribution in [2.75, 3.05) is 19.6 Å². The molecule has 1 aromatic carbocycles. The summed E-state index contributed by atoms with van der Waals surface area (Å²) >= 11 is 0. The van der Waals surface area contributed by atoms with Crippen molar-refractivity contribution in [2.45, 2.75) is 50.9 Å². The first kappa shape index (κ1) is 23.2. The van der Waals surface area contributed by atoms with Gasteiger partial charge in [0.1, 0.15) is 12.4 Å². The number of nitrogens with zero attached hydrogens (tertiary/aromatic N) is 4. The molecular formula is C27H31N5O3. The van der Waals surface area contributed by atoms with Gasteiger partial charge < -0.3 is 19.5 Å². The zero-order chi connectivity index (χ0) is 24.0. The van der Waals surface area contributed by atoms with E-state index >= 15 is 0 Å². The second-order valence-electron chi connectivity index (χ2n) is 9.26. The summed E-state index contributed by atoms with van der Waals surface area (Å²) in [5, 5.41) is 0. The highest BCUT2D eigenvalue weighted by Crippen LogP contribution is 2.26. The first-order chi connectivity index (χ1) is 17.2. The Morgan fingerprint density at radius 2 is 1.83 bits per heavy atom. The van der Waals surface area contributed by atoms with Gasteiger partial charge in [0.25, 0.3) is 5.91 Å². The van der Waals surface area contributed by atoms with Crippen molar-refractivity contribution in [1.29, 1.82) is 0 Å². The van der Waals surface area contributed by atoms with E-state index in [1.165, 1.54) is 6.42 Å². The van der Waals surface area contributed by atoms with Gasteiger partial charge >= 0.3 is 0 Å². The van der Waals surface area contributed by atoms with Crippen molar-refractivity contribution in [3.05, 3.63) is 72.3 Å². The van der Waals surface area contributed by atoms with Gasteiger partial charge in [-0.3, -0.25) is 14.6 Å². The fourth-order valence-electron chi connectivity index (χ4n) is 5.09. The van der Waals surface area contributed by atoms with Crippen LogP contribution in [0.25, 0.3) is 11.4 Å². The molecule has 182 valence electrons. The fraction of sp³-hybridized carbons (Fsp3) is 0.407. The molecule has 1 saturated carbocycles. The van der Waals surface area contributed by atoms with E-state index in [1.807, 2.05) is 41.3 Å². The molecule has 8 nitrogen and oxygen atoms in total. The van der Waals surface area contributed by atoms with E-state index in [9.17, 15) is 9.59 Å². The summed E-state index contributed by atoms with van der Waals surface area (Å²) in [6.45, 7) is 1.21. The van der Waals surface area contributed by atoms with Gasteiger partial charge in [0.05, 0.1) is 24.0 Å². The van der Waals surface area contributed by atoms with Crippen LogP contribution in [0.15, 0.2) is 61.1 Å². The summed E-state index contributed by atoms with van der Waals surface area (Å²) in [7, 11) is 0. The highest BCUT2D eigenvalue weighted by atomic mass is 16.5. The van der Waals surface area contributed by atoms with Crippen LogP contribution < -0.4 is 0 Å². The first-order valence-corrected chi connectivity index (χ1v) is 12.4. The molecule has 8 heteroatoms. The Bertz CT molecular complexity index is 1130. The van der Waals surface area contributed by atoms with Crippen LogP contribution >= 0.6 is 0 Å². The van der Waals surface area contributed by atoms with Crippen LogP contribution in [0.1, 0.15) is 48.2 Å².